The Morgan fingerprint density at radius 1 is 0.867 bits per heavy atom. The zero-order chi connectivity index (χ0) is 32.0. The molecule has 4 aromatic carbocycles. The Labute approximate surface area is 276 Å². The van der Waals surface area contributed by atoms with Crippen molar-refractivity contribution >= 4 is 29.1 Å². The summed E-state index contributed by atoms with van der Waals surface area (Å²) in [5, 5.41) is 15.3. The lowest BCUT2D eigenvalue weighted by Crippen LogP contribution is -2.44. The number of aliphatic hydroxyl groups excluding tert-OH is 1. The molecule has 4 rings (SSSR count). The Balaban J connectivity index is 0.000000317. The molecule has 0 saturated heterocycles. The number of nitrogens with one attached hydrogen (secondary N) is 1. The van der Waals surface area contributed by atoms with E-state index >= 15 is 0 Å². The summed E-state index contributed by atoms with van der Waals surface area (Å²) in [5.74, 6) is 0.799. The van der Waals surface area contributed by atoms with Crippen LogP contribution in [0.25, 0.3) is 10.8 Å². The monoisotopic (exact) mass is 634 g/mol. The summed E-state index contributed by atoms with van der Waals surface area (Å²) in [6, 6.07) is 34.8. The van der Waals surface area contributed by atoms with Crippen LogP contribution in [0.15, 0.2) is 103 Å². The maximum Gasteiger partial charge on any atom is 0.306 e. The normalized spacial score (nSPS) is 13.6. The highest BCUT2D eigenvalue weighted by Crippen LogP contribution is 2.38. The van der Waals surface area contributed by atoms with E-state index in [0.29, 0.717) is 32.0 Å². The molecule has 0 bridgehead atoms. The Morgan fingerprint density at radius 3 is 2.09 bits per heavy atom. The fourth-order valence-electron chi connectivity index (χ4n) is 5.28. The topological polar surface area (TPSA) is 71.0 Å². The van der Waals surface area contributed by atoms with Crippen LogP contribution in [0.3, 0.4) is 0 Å². The van der Waals surface area contributed by atoms with Gasteiger partial charge in [-0.1, -0.05) is 125 Å². The second kappa shape index (κ2) is 19.2. The van der Waals surface area contributed by atoms with E-state index in [1.807, 2.05) is 73.7 Å². The van der Waals surface area contributed by atoms with Crippen molar-refractivity contribution in [2.75, 3.05) is 33.8 Å². The molecule has 0 aromatic heterocycles. The number of esters is 1. The number of halogens is 1. The van der Waals surface area contributed by atoms with E-state index in [0.717, 1.165) is 28.6 Å². The fourth-order valence-corrected chi connectivity index (χ4v) is 5.28. The minimum atomic E-state index is -0.681. The number of carbonyl (C=O) groups excluding carboxylic acids is 1. The van der Waals surface area contributed by atoms with E-state index in [9.17, 15) is 9.90 Å². The molecule has 7 heteroatoms. The Hall–Kier alpha value is -3.42. The second-order valence-electron chi connectivity index (χ2n) is 11.9. The van der Waals surface area contributed by atoms with E-state index < -0.39 is 11.7 Å². The first-order valence-electron chi connectivity index (χ1n) is 15.6. The van der Waals surface area contributed by atoms with Gasteiger partial charge in [0.15, 0.2) is 0 Å². The molecule has 244 valence electrons. The molecule has 45 heavy (non-hydrogen) atoms. The van der Waals surface area contributed by atoms with Gasteiger partial charge in [0.05, 0.1) is 0 Å². The van der Waals surface area contributed by atoms with Crippen molar-refractivity contribution in [3.8, 4) is 5.75 Å². The van der Waals surface area contributed by atoms with Gasteiger partial charge in [-0.05, 0) is 36.7 Å². The molecule has 0 aliphatic carbocycles. The second-order valence-corrected chi connectivity index (χ2v) is 11.9. The number of hydrogen-bond donors (Lipinski definition) is 2. The Bertz CT molecular complexity index is 1400. The molecule has 0 amide bonds. The lowest BCUT2D eigenvalue weighted by molar-refractivity contribution is -0.168. The van der Waals surface area contributed by atoms with Crippen LogP contribution in [0.5, 0.6) is 5.75 Å². The molecule has 0 fully saturated rings. The van der Waals surface area contributed by atoms with Crippen molar-refractivity contribution in [2.24, 2.45) is 5.92 Å². The van der Waals surface area contributed by atoms with Gasteiger partial charge in [0.25, 0.3) is 0 Å². The molecule has 0 saturated carbocycles. The van der Waals surface area contributed by atoms with E-state index in [2.05, 4.69) is 81.5 Å². The van der Waals surface area contributed by atoms with Crippen LogP contribution in [0.2, 0.25) is 0 Å². The van der Waals surface area contributed by atoms with Gasteiger partial charge in [-0.25, -0.2) is 0 Å². The first-order valence-corrected chi connectivity index (χ1v) is 15.6. The lowest BCUT2D eigenvalue weighted by atomic mass is 9.77. The van der Waals surface area contributed by atoms with Crippen LogP contribution < -0.4 is 10.1 Å². The van der Waals surface area contributed by atoms with Gasteiger partial charge in [0, 0.05) is 43.3 Å². The highest BCUT2D eigenvalue weighted by Gasteiger charge is 2.42. The molecule has 1 unspecified atom stereocenters. The molecule has 0 aliphatic rings. The smallest absolute Gasteiger partial charge is 0.306 e. The third-order valence-electron chi connectivity index (χ3n) is 7.53. The van der Waals surface area contributed by atoms with E-state index in [1.165, 1.54) is 5.56 Å². The lowest BCUT2D eigenvalue weighted by Gasteiger charge is -2.40. The van der Waals surface area contributed by atoms with Crippen molar-refractivity contribution in [1.82, 2.24) is 10.2 Å². The number of nitrogens with zero attached hydrogens (tertiary/aromatic N) is 1. The van der Waals surface area contributed by atoms with Gasteiger partial charge < -0.3 is 24.8 Å². The van der Waals surface area contributed by atoms with Crippen LogP contribution in [0.1, 0.15) is 45.2 Å². The number of fused-ring (bicyclic) bond motifs is 1. The number of carbonyl (C=O) groups is 1. The number of ether oxygens (including phenoxy) is 2. The summed E-state index contributed by atoms with van der Waals surface area (Å²) in [4.78, 5) is 14.5. The number of hydrogen-bond acceptors (Lipinski definition) is 6. The van der Waals surface area contributed by atoms with Crippen LogP contribution >= 0.6 is 12.4 Å². The van der Waals surface area contributed by atoms with E-state index in [4.69, 9.17) is 9.47 Å². The van der Waals surface area contributed by atoms with Gasteiger partial charge in [-0.15, -0.1) is 12.4 Å². The number of aliphatic hydroxyl groups is 1. The molecule has 0 heterocycles. The zero-order valence-corrected chi connectivity index (χ0v) is 28.4. The summed E-state index contributed by atoms with van der Waals surface area (Å²) in [6.45, 7) is 9.79. The van der Waals surface area contributed by atoms with Crippen molar-refractivity contribution in [1.29, 1.82) is 0 Å². The van der Waals surface area contributed by atoms with E-state index in [-0.39, 0.29) is 24.3 Å². The quantitative estimate of drug-likeness (QED) is 0.142. The van der Waals surface area contributed by atoms with Crippen molar-refractivity contribution < 1.29 is 19.4 Å². The van der Waals surface area contributed by atoms with Crippen molar-refractivity contribution in [3.63, 3.8) is 0 Å². The van der Waals surface area contributed by atoms with Gasteiger partial charge in [-0.2, -0.15) is 0 Å². The molecular formula is C38H51ClN2O4. The van der Waals surface area contributed by atoms with Crippen molar-refractivity contribution in [3.05, 3.63) is 114 Å². The molecule has 0 aliphatic heterocycles. The molecule has 6 nitrogen and oxygen atoms in total. The van der Waals surface area contributed by atoms with Gasteiger partial charge in [0.2, 0.25) is 0 Å². The molecule has 2 N–H and O–H groups in total. The first-order chi connectivity index (χ1) is 21.1. The van der Waals surface area contributed by atoms with Gasteiger partial charge >= 0.3 is 5.97 Å². The van der Waals surface area contributed by atoms with E-state index in [1.54, 1.807) is 0 Å². The SMILES string of the molecule is CC(C)NCC(O)COc1cccc2ccccc12.CCC(=O)O[C@@](Cc1ccccc1)(c1ccccc1)[C@@H](C)CN(C)C.Cl. The number of benzene rings is 4. The molecular weight excluding hydrogens is 584 g/mol. The third kappa shape index (κ3) is 11.8. The molecule has 0 radical (unpaired) electrons. The highest BCUT2D eigenvalue weighted by atomic mass is 35.5. The zero-order valence-electron chi connectivity index (χ0n) is 27.6. The Morgan fingerprint density at radius 2 is 1.47 bits per heavy atom. The minimum Gasteiger partial charge on any atom is -0.490 e. The molecule has 0 spiro atoms. The highest BCUT2D eigenvalue weighted by molar-refractivity contribution is 5.88. The van der Waals surface area contributed by atoms with Crippen LogP contribution in [0.4, 0.5) is 0 Å². The summed E-state index contributed by atoms with van der Waals surface area (Å²) in [6.07, 6.45) is 0.540. The Kier molecular flexibility index (Phi) is 16.1. The maximum atomic E-state index is 12.3. The average Bonchev–Trinajstić information content (AvgIpc) is 3.03. The standard InChI is InChI=1S/C22H29NO2.C16H21NO2.ClH/c1-5-21(24)25-22(18(2)17-23(3)4,20-14-10-7-11-15-20)16-19-12-8-6-9-13-19;1-12(2)17-10-14(18)11-19-16-9-5-7-13-6-3-4-8-15(13)16;/h6-15,18H,5,16-17H2,1-4H3;3-9,12,14,17-18H,10-11H2,1-2H3;1H/t18-,22+;;/m0../s1. The van der Waals surface area contributed by atoms with Gasteiger partial charge in [-0.3, -0.25) is 4.79 Å². The summed E-state index contributed by atoms with van der Waals surface area (Å²) in [7, 11) is 4.10. The fraction of sp³-hybridized carbons (Fsp3) is 0.395. The minimum absolute atomic E-state index is 0. The van der Waals surface area contributed by atoms with Crippen LogP contribution in [0, 0.1) is 5.92 Å². The van der Waals surface area contributed by atoms with Gasteiger partial charge in [0.1, 0.15) is 24.1 Å². The largest absolute Gasteiger partial charge is 0.490 e. The average molecular weight is 635 g/mol. The predicted molar refractivity (Wildman–Crippen MR) is 188 cm³/mol. The van der Waals surface area contributed by atoms with Crippen molar-refractivity contribution in [2.45, 2.75) is 58.3 Å². The van der Waals surface area contributed by atoms with Crippen LogP contribution in [-0.4, -0.2) is 61.9 Å². The summed E-state index contributed by atoms with van der Waals surface area (Å²) < 4.78 is 11.9. The number of rotatable bonds is 14. The third-order valence-corrected chi connectivity index (χ3v) is 7.53. The summed E-state index contributed by atoms with van der Waals surface area (Å²) in [5.41, 5.74) is 1.54. The molecule has 4 aromatic rings. The summed E-state index contributed by atoms with van der Waals surface area (Å²) >= 11 is 0. The van der Waals surface area contributed by atoms with Crippen LogP contribution in [-0.2, 0) is 21.6 Å². The predicted octanol–water partition coefficient (Wildman–Crippen LogP) is 7.27. The maximum absolute atomic E-state index is 12.3. The molecule has 3 atom stereocenters. The first kappa shape index (κ1) is 37.8.